The van der Waals surface area contributed by atoms with Gasteiger partial charge in [-0.15, -0.1) is 0 Å². The number of aromatic nitrogens is 1. The van der Waals surface area contributed by atoms with Gasteiger partial charge in [0.2, 0.25) is 0 Å². The van der Waals surface area contributed by atoms with Crippen LogP contribution in [0.15, 0.2) is 279 Å². The zero-order valence-corrected chi connectivity index (χ0v) is 38.5. The van der Waals surface area contributed by atoms with Crippen molar-refractivity contribution in [2.45, 2.75) is 0 Å². The fourth-order valence-electron chi connectivity index (χ4n) is 10.8. The van der Waals surface area contributed by atoms with Gasteiger partial charge in [0.25, 0.3) is 0 Å². The van der Waals surface area contributed by atoms with Gasteiger partial charge in [-0.25, -0.2) is 0 Å². The number of hydrogen-bond acceptors (Lipinski definition) is 1. The number of fused-ring (bicyclic) bond motifs is 6. The van der Waals surface area contributed by atoms with E-state index >= 15 is 0 Å². The number of nitrogens with zero attached hydrogens (tertiary/aromatic N) is 2. The van der Waals surface area contributed by atoms with Crippen molar-refractivity contribution in [3.05, 3.63) is 279 Å². The van der Waals surface area contributed by atoms with Crippen molar-refractivity contribution in [1.82, 2.24) is 4.57 Å². The quantitative estimate of drug-likeness (QED) is 0.131. The molecule has 1 aromatic heterocycles. The molecule has 0 saturated carbocycles. The van der Waals surface area contributed by atoms with Crippen molar-refractivity contribution < 1.29 is 0 Å². The monoisotopic (exact) mass is 890 g/mol. The zero-order valence-electron chi connectivity index (χ0n) is 38.5. The second kappa shape index (κ2) is 17.4. The molecule has 13 aromatic rings. The Morgan fingerprint density at radius 3 is 1.46 bits per heavy atom. The van der Waals surface area contributed by atoms with Crippen molar-refractivity contribution >= 4 is 60.4 Å². The lowest BCUT2D eigenvalue weighted by Crippen LogP contribution is -2.10. The molecule has 0 radical (unpaired) electrons. The van der Waals surface area contributed by atoms with Crippen molar-refractivity contribution in [1.29, 1.82) is 0 Å². The summed E-state index contributed by atoms with van der Waals surface area (Å²) < 4.78 is 2.39. The van der Waals surface area contributed by atoms with Gasteiger partial charge < -0.3 is 9.47 Å². The number of para-hydroxylation sites is 2. The number of benzene rings is 12. The zero-order chi connectivity index (χ0) is 46.4. The van der Waals surface area contributed by atoms with E-state index in [4.69, 9.17) is 0 Å². The molecule has 0 bridgehead atoms. The average molecular weight is 891 g/mol. The largest absolute Gasteiger partial charge is 0.310 e. The van der Waals surface area contributed by atoms with E-state index in [1.165, 1.54) is 87.9 Å². The summed E-state index contributed by atoms with van der Waals surface area (Å²) in [4.78, 5) is 2.42. The summed E-state index contributed by atoms with van der Waals surface area (Å²) in [5.41, 5.74) is 18.7. The first-order valence-corrected chi connectivity index (χ1v) is 24.1. The highest BCUT2D eigenvalue weighted by Gasteiger charge is 2.20. The predicted molar refractivity (Wildman–Crippen MR) is 298 cm³/mol. The van der Waals surface area contributed by atoms with Crippen LogP contribution < -0.4 is 4.90 Å². The Labute approximate surface area is 408 Å². The van der Waals surface area contributed by atoms with Crippen LogP contribution in [-0.2, 0) is 0 Å². The summed E-state index contributed by atoms with van der Waals surface area (Å²) in [7, 11) is 0. The van der Waals surface area contributed by atoms with Crippen LogP contribution >= 0.6 is 0 Å². The fraction of sp³-hybridized carbons (Fsp3) is 0. The molecule has 0 unspecified atom stereocenters. The predicted octanol–water partition coefficient (Wildman–Crippen LogP) is 18.9. The Balaban J connectivity index is 0.972. The fourth-order valence-corrected chi connectivity index (χ4v) is 10.8. The van der Waals surface area contributed by atoms with E-state index < -0.39 is 0 Å². The summed E-state index contributed by atoms with van der Waals surface area (Å²) in [6, 6.07) is 102. The highest BCUT2D eigenvalue weighted by atomic mass is 15.1. The minimum absolute atomic E-state index is 1.07. The molecule has 2 heteroatoms. The summed E-state index contributed by atoms with van der Waals surface area (Å²) >= 11 is 0. The van der Waals surface area contributed by atoms with Crippen LogP contribution in [0.2, 0.25) is 0 Å². The van der Waals surface area contributed by atoms with Gasteiger partial charge in [0, 0.05) is 33.5 Å². The molecule has 328 valence electrons. The smallest absolute Gasteiger partial charge is 0.0547 e. The molecule has 12 aromatic carbocycles. The molecule has 0 N–H and O–H groups in total. The molecule has 1 heterocycles. The van der Waals surface area contributed by atoms with Crippen LogP contribution in [0.25, 0.3) is 105 Å². The van der Waals surface area contributed by atoms with Gasteiger partial charge in [-0.05, 0) is 138 Å². The standard InChI is InChI=1S/C68H46N2/c1-3-19-47(20-4-1)56-29-9-11-31-61(56)62-32-12-10-30-59(62)50-22-15-26-54(45-50)69(53-42-39-49(40-43-53)58-34-17-36-63-57-28-8-7-21-48(57)41-44-64(58)63)55-27-16-23-51(46-55)60-35-18-38-67-68(60)65-33-13-14-37-66(65)70(67)52-24-5-2-6-25-52/h1-46H. The lowest BCUT2D eigenvalue weighted by Gasteiger charge is -2.27. The maximum atomic E-state index is 2.42. The molecule has 0 fully saturated rings. The molecule has 70 heavy (non-hydrogen) atoms. The number of rotatable bonds is 9. The van der Waals surface area contributed by atoms with E-state index in [9.17, 15) is 0 Å². The van der Waals surface area contributed by atoms with E-state index in [1.54, 1.807) is 0 Å². The summed E-state index contributed by atoms with van der Waals surface area (Å²) in [5.74, 6) is 0. The minimum Gasteiger partial charge on any atom is -0.310 e. The van der Waals surface area contributed by atoms with E-state index in [-0.39, 0.29) is 0 Å². The molecule has 0 aliphatic rings. The number of hydrogen-bond donors (Lipinski definition) is 0. The van der Waals surface area contributed by atoms with E-state index in [2.05, 4.69) is 289 Å². The lowest BCUT2D eigenvalue weighted by atomic mass is 9.89. The third-order valence-electron chi connectivity index (χ3n) is 14.0. The Bertz CT molecular complexity index is 4050. The Kier molecular flexibility index (Phi) is 10.2. The lowest BCUT2D eigenvalue weighted by molar-refractivity contribution is 1.18. The first-order valence-electron chi connectivity index (χ1n) is 24.1. The van der Waals surface area contributed by atoms with Crippen molar-refractivity contribution in [3.8, 4) is 61.3 Å². The third-order valence-corrected chi connectivity index (χ3v) is 14.0. The van der Waals surface area contributed by atoms with E-state index in [0.717, 1.165) is 33.9 Å². The molecule has 0 atom stereocenters. The van der Waals surface area contributed by atoms with Crippen molar-refractivity contribution in [2.24, 2.45) is 0 Å². The Hall–Kier alpha value is -9.24. The highest BCUT2D eigenvalue weighted by Crippen LogP contribution is 2.45. The van der Waals surface area contributed by atoms with Gasteiger partial charge in [0.05, 0.1) is 11.0 Å². The topological polar surface area (TPSA) is 8.17 Å². The molecule has 0 aliphatic heterocycles. The number of anilines is 3. The van der Waals surface area contributed by atoms with Crippen LogP contribution in [-0.4, -0.2) is 4.57 Å². The molecule has 13 rings (SSSR count). The molecular formula is C68H46N2. The van der Waals surface area contributed by atoms with Gasteiger partial charge in [0.15, 0.2) is 0 Å². The van der Waals surface area contributed by atoms with Gasteiger partial charge >= 0.3 is 0 Å². The normalized spacial score (nSPS) is 11.4. The van der Waals surface area contributed by atoms with Crippen LogP contribution in [0.5, 0.6) is 0 Å². The second-order valence-corrected chi connectivity index (χ2v) is 18.0. The SMILES string of the molecule is c1ccc(-c2ccccc2-c2ccccc2-c2cccc(N(c3ccc(-c4cccc5c4ccc4ccccc45)cc3)c3cccc(-c4cccc5c4c4ccccc4n5-c4ccccc4)c3)c2)cc1. The van der Waals surface area contributed by atoms with E-state index in [0.29, 0.717) is 0 Å². The molecule has 0 spiro atoms. The molecule has 2 nitrogen and oxygen atoms in total. The van der Waals surface area contributed by atoms with Crippen LogP contribution in [0.1, 0.15) is 0 Å². The average Bonchev–Trinajstić information content (AvgIpc) is 3.78. The van der Waals surface area contributed by atoms with Gasteiger partial charge in [0.1, 0.15) is 0 Å². The van der Waals surface area contributed by atoms with Gasteiger partial charge in [-0.1, -0.05) is 218 Å². The van der Waals surface area contributed by atoms with Gasteiger partial charge in [-0.3, -0.25) is 0 Å². The molecule has 0 amide bonds. The maximum Gasteiger partial charge on any atom is 0.0547 e. The molecule has 0 saturated heterocycles. The third kappa shape index (κ3) is 7.13. The summed E-state index contributed by atoms with van der Waals surface area (Å²) in [6.07, 6.45) is 0. The van der Waals surface area contributed by atoms with E-state index in [1.807, 2.05) is 0 Å². The molecule has 0 aliphatic carbocycles. The summed E-state index contributed by atoms with van der Waals surface area (Å²) in [6.45, 7) is 0. The molecular weight excluding hydrogens is 845 g/mol. The minimum atomic E-state index is 1.07. The van der Waals surface area contributed by atoms with Crippen LogP contribution in [0.3, 0.4) is 0 Å². The Morgan fingerprint density at radius 1 is 0.243 bits per heavy atom. The first kappa shape index (κ1) is 41.0. The Morgan fingerprint density at radius 2 is 0.729 bits per heavy atom. The van der Waals surface area contributed by atoms with Crippen molar-refractivity contribution in [2.75, 3.05) is 4.90 Å². The second-order valence-electron chi connectivity index (χ2n) is 18.0. The first-order chi connectivity index (χ1) is 34.7. The highest BCUT2D eigenvalue weighted by molar-refractivity contribution is 6.16. The summed E-state index contributed by atoms with van der Waals surface area (Å²) in [5, 5.41) is 7.52. The van der Waals surface area contributed by atoms with Crippen molar-refractivity contribution in [3.63, 3.8) is 0 Å². The van der Waals surface area contributed by atoms with Crippen LogP contribution in [0, 0.1) is 0 Å². The van der Waals surface area contributed by atoms with Gasteiger partial charge in [-0.2, -0.15) is 0 Å². The maximum absolute atomic E-state index is 2.42. The van der Waals surface area contributed by atoms with Crippen LogP contribution in [0.4, 0.5) is 17.1 Å².